The average molecular weight is 412 g/mol. The minimum absolute atomic E-state index is 0.131. The number of methoxy groups -OCH3 is 1. The van der Waals surface area contributed by atoms with Crippen molar-refractivity contribution in [2.45, 2.75) is 26.9 Å². The molecule has 0 fully saturated rings. The zero-order chi connectivity index (χ0) is 22.2. The van der Waals surface area contributed by atoms with Crippen LogP contribution in [-0.2, 0) is 19.1 Å². The van der Waals surface area contributed by atoms with E-state index in [0.29, 0.717) is 16.9 Å². The molecule has 0 unspecified atom stereocenters. The van der Waals surface area contributed by atoms with Crippen molar-refractivity contribution < 1.29 is 33.4 Å². The van der Waals surface area contributed by atoms with Gasteiger partial charge in [0.1, 0.15) is 6.54 Å². The number of carbonyl (C=O) groups is 5. The molecule has 1 N–H and O–H groups in total. The lowest BCUT2D eigenvalue weighted by Gasteiger charge is -2.17. The Kier molecular flexibility index (Phi) is 5.55. The highest BCUT2D eigenvalue weighted by atomic mass is 16.5. The van der Waals surface area contributed by atoms with Crippen LogP contribution in [0.4, 0.5) is 5.69 Å². The summed E-state index contributed by atoms with van der Waals surface area (Å²) < 4.78 is 9.91. The number of benzene rings is 1. The minimum atomic E-state index is -1.18. The number of hydrogen-bond acceptors (Lipinski definition) is 7. The number of fused-ring (bicyclic) bond motifs is 1. The van der Waals surface area contributed by atoms with Crippen molar-refractivity contribution in [2.24, 2.45) is 0 Å². The molecule has 9 heteroatoms. The number of esters is 2. The normalized spacial score (nSPS) is 13.8. The number of para-hydroxylation sites is 1. The van der Waals surface area contributed by atoms with Crippen LogP contribution in [-0.4, -0.2) is 54.2 Å². The number of hydrogen-bond donors (Lipinski definition) is 1. The van der Waals surface area contributed by atoms with Crippen molar-refractivity contribution >= 4 is 35.1 Å². The summed E-state index contributed by atoms with van der Waals surface area (Å²) in [6, 6.07) is 6.32. The van der Waals surface area contributed by atoms with Gasteiger partial charge in [0.05, 0.1) is 29.6 Å². The Morgan fingerprint density at radius 1 is 1.13 bits per heavy atom. The second-order valence-corrected chi connectivity index (χ2v) is 6.85. The highest BCUT2D eigenvalue weighted by Crippen LogP contribution is 2.28. The maximum atomic E-state index is 12.7. The number of nitrogens with zero attached hydrogens (tertiary/aromatic N) is 1. The summed E-state index contributed by atoms with van der Waals surface area (Å²) in [5.74, 6) is -3.49. The fourth-order valence-electron chi connectivity index (χ4n) is 3.43. The molecule has 0 saturated carbocycles. The molecule has 2 heterocycles. The van der Waals surface area contributed by atoms with Gasteiger partial charge in [0.2, 0.25) is 5.78 Å². The van der Waals surface area contributed by atoms with Crippen molar-refractivity contribution in [1.82, 2.24) is 4.98 Å². The predicted octanol–water partition coefficient (Wildman–Crippen LogP) is 1.76. The number of ether oxygens (including phenoxy) is 2. The smallest absolute Gasteiger partial charge is 0.339 e. The molecular weight excluding hydrogens is 392 g/mol. The van der Waals surface area contributed by atoms with Gasteiger partial charge in [-0.05, 0) is 38.5 Å². The van der Waals surface area contributed by atoms with E-state index in [-0.39, 0.29) is 16.8 Å². The Hall–Kier alpha value is -3.75. The van der Waals surface area contributed by atoms with Crippen molar-refractivity contribution in [3.8, 4) is 0 Å². The molecule has 0 spiro atoms. The Bertz CT molecular complexity index is 1080. The van der Waals surface area contributed by atoms with Crippen molar-refractivity contribution in [2.75, 3.05) is 18.6 Å². The van der Waals surface area contributed by atoms with Crippen LogP contribution < -0.4 is 4.90 Å². The zero-order valence-corrected chi connectivity index (χ0v) is 16.9. The number of amides is 1. The summed E-state index contributed by atoms with van der Waals surface area (Å²) in [6.07, 6.45) is -1.18. The lowest BCUT2D eigenvalue weighted by Crippen LogP contribution is -2.37. The number of aromatic nitrogens is 1. The molecule has 0 aliphatic carbocycles. The van der Waals surface area contributed by atoms with E-state index in [1.807, 2.05) is 0 Å². The summed E-state index contributed by atoms with van der Waals surface area (Å²) in [4.78, 5) is 65.0. The molecule has 0 saturated heterocycles. The van der Waals surface area contributed by atoms with E-state index in [0.717, 1.165) is 4.90 Å². The first-order valence-corrected chi connectivity index (χ1v) is 9.13. The number of anilines is 1. The molecule has 9 nitrogen and oxygen atoms in total. The first kappa shape index (κ1) is 21.0. The molecule has 1 aliphatic heterocycles. The number of carbonyl (C=O) groups excluding carboxylic acids is 5. The molecule has 3 rings (SSSR count). The summed E-state index contributed by atoms with van der Waals surface area (Å²) in [5.41, 5.74) is 1.76. The van der Waals surface area contributed by atoms with Crippen LogP contribution in [0.1, 0.15) is 49.4 Å². The fourth-order valence-corrected chi connectivity index (χ4v) is 3.43. The zero-order valence-electron chi connectivity index (χ0n) is 16.9. The predicted molar refractivity (Wildman–Crippen MR) is 105 cm³/mol. The van der Waals surface area contributed by atoms with Gasteiger partial charge in [0, 0.05) is 5.69 Å². The van der Waals surface area contributed by atoms with Crippen molar-refractivity contribution in [1.29, 1.82) is 0 Å². The van der Waals surface area contributed by atoms with Gasteiger partial charge >= 0.3 is 11.9 Å². The van der Waals surface area contributed by atoms with Crippen LogP contribution in [0.25, 0.3) is 0 Å². The number of rotatable bonds is 6. The first-order valence-electron chi connectivity index (χ1n) is 9.13. The van der Waals surface area contributed by atoms with Crippen molar-refractivity contribution in [3.63, 3.8) is 0 Å². The van der Waals surface area contributed by atoms with Crippen LogP contribution in [0.5, 0.6) is 0 Å². The molecular formula is C21H20N2O7. The fraction of sp³-hybridized carbons (Fsp3) is 0.286. The molecule has 0 radical (unpaired) electrons. The summed E-state index contributed by atoms with van der Waals surface area (Å²) in [6.45, 7) is 4.09. The maximum absolute atomic E-state index is 12.7. The number of ketones is 2. The van der Waals surface area contributed by atoms with E-state index in [2.05, 4.69) is 4.98 Å². The van der Waals surface area contributed by atoms with Crippen LogP contribution in [0.2, 0.25) is 0 Å². The van der Waals surface area contributed by atoms with Gasteiger partial charge in [-0.1, -0.05) is 12.1 Å². The van der Waals surface area contributed by atoms with Gasteiger partial charge in [0.15, 0.2) is 6.10 Å². The number of H-pyrrole nitrogens is 1. The van der Waals surface area contributed by atoms with Crippen LogP contribution in [0.15, 0.2) is 24.3 Å². The van der Waals surface area contributed by atoms with Gasteiger partial charge < -0.3 is 14.5 Å². The Morgan fingerprint density at radius 3 is 2.47 bits per heavy atom. The summed E-state index contributed by atoms with van der Waals surface area (Å²) in [5, 5.41) is 0. The van der Waals surface area contributed by atoms with Crippen LogP contribution >= 0.6 is 0 Å². The molecule has 1 aliphatic rings. The molecule has 30 heavy (non-hydrogen) atoms. The monoisotopic (exact) mass is 412 g/mol. The second kappa shape index (κ2) is 7.94. The molecule has 1 atom stereocenters. The highest BCUT2D eigenvalue weighted by molar-refractivity contribution is 6.52. The Morgan fingerprint density at radius 2 is 1.80 bits per heavy atom. The third-order valence-corrected chi connectivity index (χ3v) is 4.92. The minimum Gasteiger partial charge on any atom is -0.465 e. The van der Waals surface area contributed by atoms with E-state index >= 15 is 0 Å². The van der Waals surface area contributed by atoms with Gasteiger partial charge in [-0.2, -0.15) is 0 Å². The highest BCUT2D eigenvalue weighted by Gasteiger charge is 2.37. The number of aromatic amines is 1. The molecule has 2 aromatic rings. The van der Waals surface area contributed by atoms with Gasteiger partial charge in [-0.25, -0.2) is 4.79 Å². The average Bonchev–Trinajstić information content (AvgIpc) is 3.15. The van der Waals surface area contributed by atoms with E-state index < -0.39 is 42.1 Å². The second-order valence-electron chi connectivity index (χ2n) is 6.85. The van der Waals surface area contributed by atoms with E-state index in [1.54, 1.807) is 32.0 Å². The topological polar surface area (TPSA) is 123 Å². The third-order valence-electron chi connectivity index (χ3n) is 4.92. The molecule has 1 aromatic heterocycles. The molecule has 0 bridgehead atoms. The standard InChI is InChI=1S/C21H20N2O7/c1-10-16(21(28)29-4)11(2)22-17(10)18(25)12(3)30-15(24)9-23-14-8-6-5-7-13(14)19(26)20(23)27/h5-8,12,22H,9H2,1-4H3/t12-/m0/s1. The lowest BCUT2D eigenvalue weighted by molar-refractivity contribution is -0.145. The van der Waals surface area contributed by atoms with Gasteiger partial charge in [-0.3, -0.25) is 24.1 Å². The largest absolute Gasteiger partial charge is 0.465 e. The van der Waals surface area contributed by atoms with Crippen molar-refractivity contribution in [3.05, 3.63) is 52.3 Å². The molecule has 1 amide bonds. The van der Waals surface area contributed by atoms with E-state index in [1.165, 1.54) is 20.1 Å². The van der Waals surface area contributed by atoms with Gasteiger partial charge in [-0.15, -0.1) is 0 Å². The Labute approximate surface area is 172 Å². The first-order chi connectivity index (χ1) is 14.2. The van der Waals surface area contributed by atoms with Gasteiger partial charge in [0.25, 0.3) is 11.7 Å². The van der Waals surface area contributed by atoms with Crippen LogP contribution in [0.3, 0.4) is 0 Å². The summed E-state index contributed by atoms with van der Waals surface area (Å²) >= 11 is 0. The molecule has 1 aromatic carbocycles. The maximum Gasteiger partial charge on any atom is 0.339 e. The SMILES string of the molecule is COC(=O)c1c(C)[nH]c(C(=O)[C@H](C)OC(=O)CN2C(=O)C(=O)c3ccccc32)c1C. The summed E-state index contributed by atoms with van der Waals surface area (Å²) in [7, 11) is 1.24. The molecule has 156 valence electrons. The number of nitrogens with one attached hydrogen (secondary N) is 1. The van der Waals surface area contributed by atoms with E-state index in [4.69, 9.17) is 9.47 Å². The quantitative estimate of drug-likeness (QED) is 0.436. The van der Waals surface area contributed by atoms with E-state index in [9.17, 15) is 24.0 Å². The Balaban J connectivity index is 1.73. The van der Waals surface area contributed by atoms with Crippen LogP contribution in [0, 0.1) is 13.8 Å². The number of aryl methyl sites for hydroxylation is 1. The lowest BCUT2D eigenvalue weighted by atomic mass is 10.1. The number of Topliss-reactive ketones (excluding diaryl/α,β-unsaturated/α-hetero) is 2. The third kappa shape index (κ3) is 3.49.